The fraction of sp³-hybridized carbons (Fsp3) is 0.250. The first-order chi connectivity index (χ1) is 7.75. The fourth-order valence-corrected chi connectivity index (χ4v) is 1.84. The standard InChI is InChI=1S/C12H13BrN2O/c1-10-14-5-6-15(10)7-8-16-12-4-2-3-11(13)9-12/h2-6,9H,7-8H2,1H3. The van der Waals surface area contributed by atoms with Crippen LogP contribution in [0.1, 0.15) is 5.82 Å². The molecule has 0 aliphatic heterocycles. The van der Waals surface area contributed by atoms with Crippen LogP contribution in [0.2, 0.25) is 0 Å². The Labute approximate surface area is 103 Å². The molecule has 1 aromatic carbocycles. The van der Waals surface area contributed by atoms with E-state index in [-0.39, 0.29) is 0 Å². The van der Waals surface area contributed by atoms with Gasteiger partial charge in [-0.2, -0.15) is 0 Å². The molecule has 0 amide bonds. The van der Waals surface area contributed by atoms with E-state index in [0.717, 1.165) is 22.6 Å². The zero-order chi connectivity index (χ0) is 11.4. The Morgan fingerprint density at radius 3 is 3.00 bits per heavy atom. The van der Waals surface area contributed by atoms with Crippen LogP contribution in [0.4, 0.5) is 0 Å². The smallest absolute Gasteiger partial charge is 0.120 e. The minimum absolute atomic E-state index is 0.646. The molecule has 3 nitrogen and oxygen atoms in total. The summed E-state index contributed by atoms with van der Waals surface area (Å²) in [4.78, 5) is 4.16. The molecule has 0 N–H and O–H groups in total. The van der Waals surface area contributed by atoms with E-state index in [1.165, 1.54) is 0 Å². The molecule has 84 valence electrons. The van der Waals surface area contributed by atoms with Gasteiger partial charge in [-0.05, 0) is 25.1 Å². The third kappa shape index (κ3) is 2.85. The summed E-state index contributed by atoms with van der Waals surface area (Å²) in [6.45, 7) is 3.45. The van der Waals surface area contributed by atoms with Crippen LogP contribution in [0.15, 0.2) is 41.1 Å². The van der Waals surface area contributed by atoms with Gasteiger partial charge in [0.2, 0.25) is 0 Å². The average Bonchev–Trinajstić information content (AvgIpc) is 2.65. The number of imidazole rings is 1. The lowest BCUT2D eigenvalue weighted by Gasteiger charge is -2.08. The summed E-state index contributed by atoms with van der Waals surface area (Å²) >= 11 is 3.41. The molecule has 1 aromatic heterocycles. The topological polar surface area (TPSA) is 27.1 Å². The highest BCUT2D eigenvalue weighted by Crippen LogP contribution is 2.17. The quantitative estimate of drug-likeness (QED) is 0.861. The SMILES string of the molecule is Cc1nccn1CCOc1cccc(Br)c1. The molecule has 0 bridgehead atoms. The number of nitrogens with zero attached hydrogens (tertiary/aromatic N) is 2. The molecule has 0 saturated heterocycles. The van der Waals surface area contributed by atoms with Crippen molar-refractivity contribution in [2.75, 3.05) is 6.61 Å². The molecule has 0 aliphatic carbocycles. The molecule has 2 aromatic rings. The van der Waals surface area contributed by atoms with Gasteiger partial charge in [0, 0.05) is 16.9 Å². The van der Waals surface area contributed by atoms with Crippen LogP contribution in [0.3, 0.4) is 0 Å². The molecule has 0 atom stereocenters. The van der Waals surface area contributed by atoms with Gasteiger partial charge in [-0.15, -0.1) is 0 Å². The van der Waals surface area contributed by atoms with E-state index >= 15 is 0 Å². The first-order valence-corrected chi connectivity index (χ1v) is 5.91. The molecular weight excluding hydrogens is 268 g/mol. The molecule has 0 spiro atoms. The number of hydrogen-bond acceptors (Lipinski definition) is 2. The van der Waals surface area contributed by atoms with Gasteiger partial charge >= 0.3 is 0 Å². The van der Waals surface area contributed by atoms with E-state index in [1.807, 2.05) is 37.4 Å². The molecule has 16 heavy (non-hydrogen) atoms. The Bertz CT molecular complexity index is 468. The Morgan fingerprint density at radius 2 is 2.31 bits per heavy atom. The molecule has 1 heterocycles. The van der Waals surface area contributed by atoms with Gasteiger partial charge in [-0.1, -0.05) is 22.0 Å². The predicted octanol–water partition coefficient (Wildman–Crippen LogP) is 3.03. The molecule has 0 saturated carbocycles. The lowest BCUT2D eigenvalue weighted by Crippen LogP contribution is -2.08. The van der Waals surface area contributed by atoms with Crippen LogP contribution in [-0.2, 0) is 6.54 Å². The lowest BCUT2D eigenvalue weighted by atomic mass is 10.3. The van der Waals surface area contributed by atoms with E-state index in [0.29, 0.717) is 6.61 Å². The minimum atomic E-state index is 0.646. The normalized spacial score (nSPS) is 10.4. The molecule has 2 rings (SSSR count). The van der Waals surface area contributed by atoms with E-state index in [1.54, 1.807) is 6.20 Å². The van der Waals surface area contributed by atoms with Crippen LogP contribution < -0.4 is 4.74 Å². The zero-order valence-electron chi connectivity index (χ0n) is 9.06. The average molecular weight is 281 g/mol. The highest BCUT2D eigenvalue weighted by Gasteiger charge is 1.98. The Hall–Kier alpha value is -1.29. The number of aryl methyl sites for hydroxylation is 1. The Balaban J connectivity index is 1.87. The minimum Gasteiger partial charge on any atom is -0.492 e. The maximum absolute atomic E-state index is 5.64. The number of benzene rings is 1. The number of rotatable bonds is 4. The molecular formula is C12H13BrN2O. The maximum Gasteiger partial charge on any atom is 0.120 e. The van der Waals surface area contributed by atoms with Gasteiger partial charge in [0.15, 0.2) is 0 Å². The van der Waals surface area contributed by atoms with Gasteiger partial charge in [0.1, 0.15) is 18.2 Å². The van der Waals surface area contributed by atoms with E-state index in [9.17, 15) is 0 Å². The van der Waals surface area contributed by atoms with Crippen LogP contribution in [-0.4, -0.2) is 16.2 Å². The molecule has 0 aliphatic rings. The van der Waals surface area contributed by atoms with E-state index in [4.69, 9.17) is 4.74 Å². The zero-order valence-corrected chi connectivity index (χ0v) is 10.6. The summed E-state index contributed by atoms with van der Waals surface area (Å²) in [6.07, 6.45) is 3.76. The van der Waals surface area contributed by atoms with Crippen molar-refractivity contribution in [3.63, 3.8) is 0 Å². The second kappa shape index (κ2) is 5.16. The van der Waals surface area contributed by atoms with E-state index in [2.05, 4.69) is 25.5 Å². The van der Waals surface area contributed by atoms with Crippen molar-refractivity contribution in [3.05, 3.63) is 47.0 Å². The number of ether oxygens (including phenoxy) is 1. The van der Waals surface area contributed by atoms with E-state index < -0.39 is 0 Å². The van der Waals surface area contributed by atoms with Crippen LogP contribution in [0, 0.1) is 6.92 Å². The monoisotopic (exact) mass is 280 g/mol. The van der Waals surface area contributed by atoms with Gasteiger partial charge in [0.25, 0.3) is 0 Å². The fourth-order valence-electron chi connectivity index (χ4n) is 1.46. The largest absolute Gasteiger partial charge is 0.492 e. The lowest BCUT2D eigenvalue weighted by molar-refractivity contribution is 0.297. The molecule has 0 unspecified atom stereocenters. The number of halogens is 1. The summed E-state index contributed by atoms with van der Waals surface area (Å²) < 4.78 is 8.74. The second-order valence-corrected chi connectivity index (χ2v) is 4.39. The summed E-state index contributed by atoms with van der Waals surface area (Å²) in [5, 5.41) is 0. The van der Waals surface area contributed by atoms with Crippen LogP contribution >= 0.6 is 15.9 Å². The first kappa shape index (κ1) is 11.2. The highest BCUT2D eigenvalue weighted by molar-refractivity contribution is 9.10. The van der Waals surface area contributed by atoms with Crippen molar-refractivity contribution in [3.8, 4) is 5.75 Å². The van der Waals surface area contributed by atoms with Gasteiger partial charge in [-0.3, -0.25) is 0 Å². The maximum atomic E-state index is 5.64. The van der Waals surface area contributed by atoms with Gasteiger partial charge in [0.05, 0.1) is 6.54 Å². The Kier molecular flexibility index (Phi) is 3.62. The predicted molar refractivity (Wildman–Crippen MR) is 66.6 cm³/mol. The summed E-state index contributed by atoms with van der Waals surface area (Å²) in [7, 11) is 0. The van der Waals surface area contributed by atoms with Crippen LogP contribution in [0.25, 0.3) is 0 Å². The third-order valence-corrected chi connectivity index (χ3v) is 2.81. The highest BCUT2D eigenvalue weighted by atomic mass is 79.9. The summed E-state index contributed by atoms with van der Waals surface area (Å²) in [6, 6.07) is 7.85. The third-order valence-electron chi connectivity index (χ3n) is 2.32. The summed E-state index contributed by atoms with van der Waals surface area (Å²) in [5.41, 5.74) is 0. The van der Waals surface area contributed by atoms with Crippen molar-refractivity contribution in [1.82, 2.24) is 9.55 Å². The number of aromatic nitrogens is 2. The van der Waals surface area contributed by atoms with Gasteiger partial charge < -0.3 is 9.30 Å². The van der Waals surface area contributed by atoms with Crippen molar-refractivity contribution in [2.24, 2.45) is 0 Å². The Morgan fingerprint density at radius 1 is 1.44 bits per heavy atom. The summed E-state index contributed by atoms with van der Waals surface area (Å²) in [5.74, 6) is 1.89. The molecule has 0 radical (unpaired) electrons. The van der Waals surface area contributed by atoms with Gasteiger partial charge in [-0.25, -0.2) is 4.98 Å². The van der Waals surface area contributed by atoms with Crippen molar-refractivity contribution in [1.29, 1.82) is 0 Å². The second-order valence-electron chi connectivity index (χ2n) is 3.47. The molecule has 4 heteroatoms. The molecule has 0 fully saturated rings. The first-order valence-electron chi connectivity index (χ1n) is 5.12. The van der Waals surface area contributed by atoms with Crippen molar-refractivity contribution < 1.29 is 4.74 Å². The van der Waals surface area contributed by atoms with Crippen molar-refractivity contribution in [2.45, 2.75) is 13.5 Å². The van der Waals surface area contributed by atoms with Crippen molar-refractivity contribution >= 4 is 15.9 Å². The van der Waals surface area contributed by atoms with Crippen LogP contribution in [0.5, 0.6) is 5.75 Å². The number of hydrogen-bond donors (Lipinski definition) is 0.